The van der Waals surface area contributed by atoms with Gasteiger partial charge in [-0.1, -0.05) is 18.2 Å². The average Bonchev–Trinajstić information content (AvgIpc) is 2.82. The van der Waals surface area contributed by atoms with Gasteiger partial charge in [0.25, 0.3) is 0 Å². The van der Waals surface area contributed by atoms with Crippen molar-refractivity contribution in [1.29, 1.82) is 0 Å². The molecule has 5 nitrogen and oxygen atoms in total. The Bertz CT molecular complexity index is 421. The quantitative estimate of drug-likeness (QED) is 0.605. The number of nitrogens with two attached hydrogens (primary N) is 1. The van der Waals surface area contributed by atoms with Crippen LogP contribution in [0.4, 0.5) is 5.69 Å². The number of hydrogen-bond donors (Lipinski definition) is 3. The van der Waals surface area contributed by atoms with E-state index in [9.17, 15) is 4.79 Å². The molecule has 4 N–H and O–H groups in total. The largest absolute Gasteiger partial charge is 0.384 e. The first-order chi connectivity index (χ1) is 8.77. The van der Waals surface area contributed by atoms with Gasteiger partial charge in [-0.25, -0.2) is 0 Å². The van der Waals surface area contributed by atoms with Crippen molar-refractivity contribution in [3.8, 4) is 0 Å². The van der Waals surface area contributed by atoms with Crippen molar-refractivity contribution in [3.05, 3.63) is 29.3 Å². The van der Waals surface area contributed by atoms with Crippen LogP contribution in [0.15, 0.2) is 18.2 Å². The molecular formula is C13H19N3O2. The van der Waals surface area contributed by atoms with Crippen LogP contribution in [-0.2, 0) is 22.5 Å². The number of carbonyl (C=O) groups is 1. The van der Waals surface area contributed by atoms with Gasteiger partial charge in [0, 0.05) is 25.3 Å². The minimum absolute atomic E-state index is 0.00995. The molecule has 0 spiro atoms. The second kappa shape index (κ2) is 6.37. The van der Waals surface area contributed by atoms with Gasteiger partial charge >= 0.3 is 0 Å². The van der Waals surface area contributed by atoms with Crippen LogP contribution in [0.2, 0.25) is 0 Å². The normalized spacial score (nSPS) is 13.1. The van der Waals surface area contributed by atoms with Gasteiger partial charge in [0.15, 0.2) is 0 Å². The number of fused-ring (bicyclic) bond motifs is 1. The molecule has 1 aliphatic rings. The highest BCUT2D eigenvalue weighted by Crippen LogP contribution is 2.25. The van der Waals surface area contributed by atoms with E-state index in [4.69, 9.17) is 10.5 Å². The van der Waals surface area contributed by atoms with Crippen molar-refractivity contribution >= 4 is 11.6 Å². The van der Waals surface area contributed by atoms with E-state index >= 15 is 0 Å². The summed E-state index contributed by atoms with van der Waals surface area (Å²) in [6.45, 7) is 3.01. The van der Waals surface area contributed by atoms with Gasteiger partial charge in [-0.2, -0.15) is 0 Å². The zero-order valence-electron chi connectivity index (χ0n) is 10.4. The molecule has 1 heterocycles. The maximum Gasteiger partial charge on any atom is 0.243 e. The van der Waals surface area contributed by atoms with E-state index in [-0.39, 0.29) is 6.61 Å². The lowest BCUT2D eigenvalue weighted by Gasteiger charge is -2.10. The van der Waals surface area contributed by atoms with Gasteiger partial charge in [-0.05, 0) is 17.5 Å². The molecule has 0 saturated carbocycles. The SMILES string of the molecule is NC(=O)COCCNCc1cccc2c1NCC2. The summed E-state index contributed by atoms with van der Waals surface area (Å²) < 4.78 is 5.07. The zero-order valence-corrected chi connectivity index (χ0v) is 10.4. The summed E-state index contributed by atoms with van der Waals surface area (Å²) in [5, 5.41) is 6.69. The molecule has 0 atom stereocenters. The highest BCUT2D eigenvalue weighted by Gasteiger charge is 2.12. The van der Waals surface area contributed by atoms with Crippen LogP contribution in [0.5, 0.6) is 0 Å². The summed E-state index contributed by atoms with van der Waals surface area (Å²) in [5.41, 5.74) is 8.90. The van der Waals surface area contributed by atoms with Crippen molar-refractivity contribution in [2.75, 3.05) is 31.6 Å². The summed E-state index contributed by atoms with van der Waals surface area (Å²) in [6, 6.07) is 6.37. The van der Waals surface area contributed by atoms with Crippen molar-refractivity contribution in [2.45, 2.75) is 13.0 Å². The Kier molecular flexibility index (Phi) is 4.55. The lowest BCUT2D eigenvalue weighted by atomic mass is 10.1. The number of nitrogens with one attached hydrogen (secondary N) is 2. The summed E-state index contributed by atoms with van der Waals surface area (Å²) >= 11 is 0. The van der Waals surface area contributed by atoms with Crippen molar-refractivity contribution < 1.29 is 9.53 Å². The van der Waals surface area contributed by atoms with Crippen molar-refractivity contribution in [1.82, 2.24) is 5.32 Å². The van der Waals surface area contributed by atoms with Crippen LogP contribution in [0.25, 0.3) is 0 Å². The first-order valence-corrected chi connectivity index (χ1v) is 6.19. The van der Waals surface area contributed by atoms with Crippen LogP contribution >= 0.6 is 0 Å². The monoisotopic (exact) mass is 249 g/mol. The molecule has 0 bridgehead atoms. The van der Waals surface area contributed by atoms with Gasteiger partial charge in [0.1, 0.15) is 6.61 Å². The first-order valence-electron chi connectivity index (χ1n) is 6.19. The Morgan fingerprint density at radius 1 is 1.50 bits per heavy atom. The molecule has 1 amide bonds. The number of amides is 1. The third-order valence-corrected chi connectivity index (χ3v) is 2.92. The highest BCUT2D eigenvalue weighted by atomic mass is 16.5. The average molecular weight is 249 g/mol. The topological polar surface area (TPSA) is 76.4 Å². The standard InChI is InChI=1S/C13H19N3O2/c14-12(17)9-18-7-6-15-8-11-3-1-2-10-4-5-16-13(10)11/h1-3,15-16H,4-9H2,(H2,14,17). The molecule has 1 aliphatic heterocycles. The van der Waals surface area contributed by atoms with E-state index in [2.05, 4.69) is 28.8 Å². The Labute approximate surface area is 107 Å². The van der Waals surface area contributed by atoms with Gasteiger partial charge in [0.2, 0.25) is 5.91 Å². The Morgan fingerprint density at radius 2 is 2.39 bits per heavy atom. The maximum absolute atomic E-state index is 10.4. The van der Waals surface area contributed by atoms with Crippen molar-refractivity contribution in [2.24, 2.45) is 5.73 Å². The van der Waals surface area contributed by atoms with E-state index in [0.717, 1.165) is 19.5 Å². The molecule has 0 fully saturated rings. The van der Waals surface area contributed by atoms with Crippen LogP contribution in [-0.4, -0.2) is 32.2 Å². The fraction of sp³-hybridized carbons (Fsp3) is 0.462. The second-order valence-corrected chi connectivity index (χ2v) is 4.32. The minimum atomic E-state index is -0.430. The number of hydrogen-bond acceptors (Lipinski definition) is 4. The van der Waals surface area contributed by atoms with Crippen LogP contribution in [0, 0.1) is 0 Å². The molecule has 2 rings (SSSR count). The molecule has 0 aliphatic carbocycles. The molecule has 1 aromatic rings. The minimum Gasteiger partial charge on any atom is -0.384 e. The lowest BCUT2D eigenvalue weighted by molar-refractivity contribution is -0.122. The number of anilines is 1. The van der Waals surface area contributed by atoms with E-state index in [1.54, 1.807) is 0 Å². The summed E-state index contributed by atoms with van der Waals surface area (Å²) in [6.07, 6.45) is 1.10. The first kappa shape index (κ1) is 12.9. The number of rotatable bonds is 7. The Hall–Kier alpha value is -1.59. The van der Waals surface area contributed by atoms with Crippen molar-refractivity contribution in [3.63, 3.8) is 0 Å². The molecule has 98 valence electrons. The molecule has 0 aromatic heterocycles. The Morgan fingerprint density at radius 3 is 3.22 bits per heavy atom. The molecule has 0 saturated heterocycles. The zero-order chi connectivity index (χ0) is 12.8. The van der Waals surface area contributed by atoms with Gasteiger partial charge < -0.3 is 21.1 Å². The molecule has 0 radical (unpaired) electrons. The third-order valence-electron chi connectivity index (χ3n) is 2.92. The fourth-order valence-electron chi connectivity index (χ4n) is 2.10. The van der Waals surface area contributed by atoms with Gasteiger partial charge in [0.05, 0.1) is 6.61 Å². The predicted molar refractivity (Wildman–Crippen MR) is 70.4 cm³/mol. The molecule has 18 heavy (non-hydrogen) atoms. The molecule has 0 unspecified atom stereocenters. The summed E-state index contributed by atoms with van der Waals surface area (Å²) in [4.78, 5) is 10.4. The maximum atomic E-state index is 10.4. The van der Waals surface area contributed by atoms with Gasteiger partial charge in [-0.3, -0.25) is 4.79 Å². The van der Waals surface area contributed by atoms with E-state index in [1.165, 1.54) is 16.8 Å². The number of ether oxygens (including phenoxy) is 1. The predicted octanol–water partition coefficient (Wildman–Crippen LogP) is 0.246. The summed E-state index contributed by atoms with van der Waals surface area (Å²) in [5.74, 6) is -0.430. The summed E-state index contributed by atoms with van der Waals surface area (Å²) in [7, 11) is 0. The van der Waals surface area contributed by atoms with E-state index < -0.39 is 5.91 Å². The van der Waals surface area contributed by atoms with Crippen LogP contribution < -0.4 is 16.4 Å². The number of para-hydroxylation sites is 1. The van der Waals surface area contributed by atoms with Gasteiger partial charge in [-0.15, -0.1) is 0 Å². The number of primary amides is 1. The smallest absolute Gasteiger partial charge is 0.243 e. The molecule has 5 heteroatoms. The molecule has 1 aromatic carbocycles. The highest BCUT2D eigenvalue weighted by molar-refractivity contribution is 5.74. The lowest BCUT2D eigenvalue weighted by Crippen LogP contribution is -2.24. The number of carbonyl (C=O) groups excluding carboxylic acids is 1. The second-order valence-electron chi connectivity index (χ2n) is 4.32. The molecular weight excluding hydrogens is 230 g/mol. The van der Waals surface area contributed by atoms with E-state index in [1.807, 2.05) is 0 Å². The third kappa shape index (κ3) is 3.45. The Balaban J connectivity index is 1.71. The fourth-order valence-corrected chi connectivity index (χ4v) is 2.10. The van der Waals surface area contributed by atoms with E-state index in [0.29, 0.717) is 13.2 Å². The number of benzene rings is 1. The van der Waals surface area contributed by atoms with Crippen LogP contribution in [0.3, 0.4) is 0 Å². The van der Waals surface area contributed by atoms with Crippen LogP contribution in [0.1, 0.15) is 11.1 Å².